The summed E-state index contributed by atoms with van der Waals surface area (Å²) >= 11 is 0. The van der Waals surface area contributed by atoms with Crippen molar-refractivity contribution in [3.05, 3.63) is 72.6 Å². The molecule has 2 saturated heterocycles. The number of anilines is 1. The molecule has 0 radical (unpaired) electrons. The number of carbonyl (C=O) groups excluding carboxylic acids is 2. The largest absolute Gasteiger partial charge is 0.426 e. The molecule has 1 aliphatic carbocycles. The van der Waals surface area contributed by atoms with Gasteiger partial charge in [0, 0.05) is 57.4 Å². The van der Waals surface area contributed by atoms with Crippen molar-refractivity contribution < 1.29 is 18.7 Å². The first-order valence-corrected chi connectivity index (χ1v) is 12.7. The molecule has 1 spiro atoms. The van der Waals surface area contributed by atoms with Gasteiger partial charge >= 0.3 is 0 Å². The molecule has 3 fully saturated rings. The molecule has 4 heterocycles. The molecule has 2 aromatic heterocycles. The predicted molar refractivity (Wildman–Crippen MR) is 134 cm³/mol. The lowest BCUT2D eigenvalue weighted by Gasteiger charge is -2.37. The SMILES string of the molecule is O=C(c1ccc(Oc2ccccc2)o1)N1CCC2(CC1)C[C@H]2C(=O)N1CCN(c2ccccn2)CC1. The van der Waals surface area contributed by atoms with Crippen LogP contribution in [0.2, 0.25) is 0 Å². The van der Waals surface area contributed by atoms with E-state index in [9.17, 15) is 9.59 Å². The summed E-state index contributed by atoms with van der Waals surface area (Å²) in [7, 11) is 0. The van der Waals surface area contributed by atoms with Gasteiger partial charge in [0.15, 0.2) is 5.76 Å². The summed E-state index contributed by atoms with van der Waals surface area (Å²) in [5.74, 6) is 2.46. The van der Waals surface area contributed by atoms with Crippen LogP contribution in [0.5, 0.6) is 11.7 Å². The van der Waals surface area contributed by atoms with Crippen LogP contribution in [0.3, 0.4) is 0 Å². The Balaban J connectivity index is 0.995. The van der Waals surface area contributed by atoms with Gasteiger partial charge in [-0.3, -0.25) is 9.59 Å². The van der Waals surface area contributed by atoms with Gasteiger partial charge in [-0.1, -0.05) is 24.3 Å². The van der Waals surface area contributed by atoms with E-state index in [4.69, 9.17) is 9.15 Å². The number of benzene rings is 1. The van der Waals surface area contributed by atoms with Crippen LogP contribution in [0, 0.1) is 11.3 Å². The van der Waals surface area contributed by atoms with Crippen LogP contribution in [0.1, 0.15) is 29.8 Å². The minimum Gasteiger partial charge on any atom is -0.426 e. The summed E-state index contributed by atoms with van der Waals surface area (Å²) in [4.78, 5) is 36.8. The quantitative estimate of drug-likeness (QED) is 0.541. The van der Waals surface area contributed by atoms with E-state index < -0.39 is 0 Å². The molecule has 8 heteroatoms. The fraction of sp³-hybridized carbons (Fsp3) is 0.393. The molecular formula is C28H30N4O4. The fourth-order valence-corrected chi connectivity index (χ4v) is 5.57. The van der Waals surface area contributed by atoms with Crippen molar-refractivity contribution in [2.45, 2.75) is 19.3 Å². The molecule has 1 aromatic carbocycles. The highest BCUT2D eigenvalue weighted by molar-refractivity contribution is 5.92. The molecule has 3 aliphatic rings. The molecule has 2 aliphatic heterocycles. The van der Waals surface area contributed by atoms with E-state index >= 15 is 0 Å². The van der Waals surface area contributed by atoms with Gasteiger partial charge in [0.05, 0.1) is 0 Å². The van der Waals surface area contributed by atoms with Crippen LogP contribution in [-0.2, 0) is 4.79 Å². The van der Waals surface area contributed by atoms with Crippen LogP contribution >= 0.6 is 0 Å². The van der Waals surface area contributed by atoms with Crippen molar-refractivity contribution in [3.8, 4) is 11.7 Å². The number of likely N-dealkylation sites (tertiary alicyclic amines) is 1. The molecule has 1 atom stereocenters. The van der Waals surface area contributed by atoms with Gasteiger partial charge in [0.2, 0.25) is 5.91 Å². The third-order valence-corrected chi connectivity index (χ3v) is 7.85. The predicted octanol–water partition coefficient (Wildman–Crippen LogP) is 4.06. The lowest BCUT2D eigenvalue weighted by atomic mass is 9.90. The summed E-state index contributed by atoms with van der Waals surface area (Å²) in [6, 6.07) is 18.6. The summed E-state index contributed by atoms with van der Waals surface area (Å²) < 4.78 is 11.4. The van der Waals surface area contributed by atoms with Gasteiger partial charge in [0.1, 0.15) is 11.6 Å². The van der Waals surface area contributed by atoms with Crippen molar-refractivity contribution in [1.29, 1.82) is 0 Å². The number of nitrogens with zero attached hydrogens (tertiary/aromatic N) is 4. The second-order valence-electron chi connectivity index (χ2n) is 9.95. The zero-order valence-corrected chi connectivity index (χ0v) is 20.2. The van der Waals surface area contributed by atoms with Crippen molar-refractivity contribution >= 4 is 17.6 Å². The molecule has 2 amide bonds. The summed E-state index contributed by atoms with van der Waals surface area (Å²) in [6.07, 6.45) is 4.46. The third-order valence-electron chi connectivity index (χ3n) is 7.85. The summed E-state index contributed by atoms with van der Waals surface area (Å²) in [6.45, 7) is 4.38. The van der Waals surface area contributed by atoms with Gasteiger partial charge in [-0.25, -0.2) is 4.98 Å². The minimum atomic E-state index is -0.123. The average Bonchev–Trinajstić information content (AvgIpc) is 3.42. The number of aromatic nitrogens is 1. The molecule has 6 rings (SSSR count). The first kappa shape index (κ1) is 22.6. The molecule has 1 saturated carbocycles. The highest BCUT2D eigenvalue weighted by Crippen LogP contribution is 2.60. The first-order valence-electron chi connectivity index (χ1n) is 12.7. The maximum absolute atomic E-state index is 13.2. The van der Waals surface area contributed by atoms with Crippen LogP contribution in [0.4, 0.5) is 5.82 Å². The standard InChI is InChI=1S/C28H30N4O4/c33-26(32-18-16-30(17-19-32)24-8-4-5-13-29-24)22-20-28(22)11-14-31(15-12-28)27(34)23-9-10-25(36-23)35-21-6-2-1-3-7-21/h1-10,13,22H,11-12,14-20H2/t22-/m0/s1. The molecule has 0 bridgehead atoms. The van der Waals surface area contributed by atoms with Crippen LogP contribution < -0.4 is 9.64 Å². The van der Waals surface area contributed by atoms with Gasteiger partial charge in [-0.15, -0.1) is 0 Å². The smallest absolute Gasteiger partial charge is 0.290 e. The zero-order valence-electron chi connectivity index (χ0n) is 20.2. The van der Waals surface area contributed by atoms with Crippen molar-refractivity contribution in [3.63, 3.8) is 0 Å². The lowest BCUT2D eigenvalue weighted by Crippen LogP contribution is -2.50. The number of pyridine rings is 1. The second-order valence-corrected chi connectivity index (χ2v) is 9.95. The Kier molecular flexibility index (Phi) is 5.87. The van der Waals surface area contributed by atoms with Gasteiger partial charge in [-0.05, 0) is 55.0 Å². The number of ether oxygens (including phenoxy) is 1. The molecule has 186 valence electrons. The van der Waals surface area contributed by atoms with E-state index in [1.165, 1.54) is 0 Å². The Morgan fingerprint density at radius 1 is 0.861 bits per heavy atom. The number of amides is 2. The molecule has 8 nitrogen and oxygen atoms in total. The van der Waals surface area contributed by atoms with E-state index in [0.717, 1.165) is 51.3 Å². The number of piperidine rings is 1. The number of piperazine rings is 1. The lowest BCUT2D eigenvalue weighted by molar-refractivity contribution is -0.134. The van der Waals surface area contributed by atoms with Crippen LogP contribution in [-0.4, -0.2) is 65.9 Å². The Bertz CT molecular complexity index is 1210. The first-order chi connectivity index (χ1) is 17.6. The minimum absolute atomic E-state index is 0.0523. The van der Waals surface area contributed by atoms with Crippen LogP contribution in [0.25, 0.3) is 0 Å². The number of rotatable bonds is 5. The van der Waals surface area contributed by atoms with Crippen molar-refractivity contribution in [1.82, 2.24) is 14.8 Å². The van der Waals surface area contributed by atoms with E-state index in [-0.39, 0.29) is 28.9 Å². The Morgan fingerprint density at radius 2 is 1.61 bits per heavy atom. The van der Waals surface area contributed by atoms with Crippen molar-refractivity contribution in [2.75, 3.05) is 44.2 Å². The number of para-hydroxylation sites is 1. The van der Waals surface area contributed by atoms with E-state index in [2.05, 4.69) is 9.88 Å². The molecule has 36 heavy (non-hydrogen) atoms. The second kappa shape index (κ2) is 9.33. The highest BCUT2D eigenvalue weighted by Gasteiger charge is 2.59. The third kappa shape index (κ3) is 4.43. The number of carbonyl (C=O) groups is 2. The average molecular weight is 487 g/mol. The maximum atomic E-state index is 13.2. The monoisotopic (exact) mass is 486 g/mol. The molecule has 3 aromatic rings. The molecule has 0 N–H and O–H groups in total. The zero-order chi connectivity index (χ0) is 24.5. The highest BCUT2D eigenvalue weighted by atomic mass is 16.6. The Morgan fingerprint density at radius 3 is 2.33 bits per heavy atom. The number of hydrogen-bond donors (Lipinski definition) is 0. The van der Waals surface area contributed by atoms with E-state index in [1.54, 1.807) is 18.3 Å². The molecular weight excluding hydrogens is 456 g/mol. The summed E-state index contributed by atoms with van der Waals surface area (Å²) in [5.41, 5.74) is 0.0523. The van der Waals surface area contributed by atoms with Crippen molar-refractivity contribution in [2.24, 2.45) is 11.3 Å². The topological polar surface area (TPSA) is 79.1 Å². The van der Waals surface area contributed by atoms with Gasteiger partial charge in [0.25, 0.3) is 11.9 Å². The molecule has 0 unspecified atom stereocenters. The normalized spacial score (nSPS) is 20.9. The summed E-state index contributed by atoms with van der Waals surface area (Å²) in [5, 5.41) is 0. The Labute approximate surface area is 210 Å². The van der Waals surface area contributed by atoms with Gasteiger partial charge < -0.3 is 23.9 Å². The van der Waals surface area contributed by atoms with Gasteiger partial charge in [-0.2, -0.15) is 0 Å². The number of furan rings is 1. The Hall–Kier alpha value is -3.81. The fourth-order valence-electron chi connectivity index (χ4n) is 5.57. The maximum Gasteiger partial charge on any atom is 0.290 e. The number of hydrogen-bond acceptors (Lipinski definition) is 6. The van der Waals surface area contributed by atoms with Crippen LogP contribution in [0.15, 0.2) is 71.3 Å². The van der Waals surface area contributed by atoms with E-state index in [1.807, 2.05) is 58.3 Å². The van der Waals surface area contributed by atoms with E-state index in [0.29, 0.717) is 24.8 Å².